The Bertz CT molecular complexity index is 477. The normalized spacial score (nSPS) is 12.8. The predicted octanol–water partition coefficient (Wildman–Crippen LogP) is 9.89. The van der Waals surface area contributed by atoms with Crippen LogP contribution in [-0.2, 0) is 9.59 Å². The van der Waals surface area contributed by atoms with Gasteiger partial charge in [0.2, 0.25) is 11.8 Å². The van der Waals surface area contributed by atoms with E-state index >= 15 is 0 Å². The Morgan fingerprint density at radius 1 is 0.421 bits per heavy atom. The molecule has 0 aromatic heterocycles. The van der Waals surface area contributed by atoms with E-state index in [4.69, 9.17) is 0 Å². The highest BCUT2D eigenvalue weighted by molar-refractivity contribution is 5.78. The molecule has 4 heteroatoms. The third kappa shape index (κ3) is 25.2. The fraction of sp³-hybridized carbons (Fsp3) is 0.941. The van der Waals surface area contributed by atoms with Crippen molar-refractivity contribution in [1.29, 1.82) is 0 Å². The van der Waals surface area contributed by atoms with Crippen molar-refractivity contribution >= 4 is 11.8 Å². The van der Waals surface area contributed by atoms with Crippen LogP contribution in [-0.4, -0.2) is 24.9 Å². The lowest BCUT2D eigenvalue weighted by atomic mass is 10.0. The number of carbonyl (C=O) groups excluding carboxylic acids is 2. The average molecular weight is 537 g/mol. The van der Waals surface area contributed by atoms with Crippen LogP contribution in [0.5, 0.6) is 0 Å². The number of amides is 2. The van der Waals surface area contributed by atoms with Crippen LogP contribution in [0.3, 0.4) is 0 Å². The predicted molar refractivity (Wildman–Crippen MR) is 167 cm³/mol. The molecule has 0 fully saturated rings. The molecule has 0 saturated heterocycles. The summed E-state index contributed by atoms with van der Waals surface area (Å²) in [5.41, 5.74) is 0. The molecule has 0 aliphatic heterocycles. The second-order valence-corrected chi connectivity index (χ2v) is 12.0. The van der Waals surface area contributed by atoms with Crippen LogP contribution in [0.15, 0.2) is 0 Å². The largest absolute Gasteiger partial charge is 0.356 e. The van der Waals surface area contributed by atoms with E-state index in [-0.39, 0.29) is 23.7 Å². The molecule has 0 rings (SSSR count). The Morgan fingerprint density at radius 3 is 1.00 bits per heavy atom. The highest BCUT2D eigenvalue weighted by Crippen LogP contribution is 2.15. The second kappa shape index (κ2) is 28.9. The van der Waals surface area contributed by atoms with Gasteiger partial charge < -0.3 is 10.6 Å². The lowest BCUT2D eigenvalue weighted by Crippen LogP contribution is -2.30. The third-order valence-corrected chi connectivity index (χ3v) is 8.08. The van der Waals surface area contributed by atoms with Crippen LogP contribution in [0.4, 0.5) is 0 Å². The van der Waals surface area contributed by atoms with Crippen molar-refractivity contribution in [2.45, 2.75) is 182 Å². The number of unbranched alkanes of at least 4 members (excludes halogenated alkanes) is 19. The minimum atomic E-state index is 0.147. The zero-order valence-electron chi connectivity index (χ0n) is 26.4. The lowest BCUT2D eigenvalue weighted by Gasteiger charge is -2.12. The van der Waals surface area contributed by atoms with Gasteiger partial charge in [-0.15, -0.1) is 0 Å². The van der Waals surface area contributed by atoms with Gasteiger partial charge in [-0.3, -0.25) is 9.59 Å². The highest BCUT2D eigenvalue weighted by atomic mass is 16.2. The molecule has 0 aliphatic rings. The summed E-state index contributed by atoms with van der Waals surface area (Å²) < 4.78 is 0. The third-order valence-electron chi connectivity index (χ3n) is 8.08. The van der Waals surface area contributed by atoms with E-state index in [2.05, 4.69) is 38.3 Å². The smallest absolute Gasteiger partial charge is 0.222 e. The van der Waals surface area contributed by atoms with Crippen LogP contribution < -0.4 is 10.6 Å². The van der Waals surface area contributed by atoms with E-state index in [1.165, 1.54) is 128 Å². The number of hydrogen-bond acceptors (Lipinski definition) is 2. The first-order valence-electron chi connectivity index (χ1n) is 17.1. The molecule has 2 N–H and O–H groups in total. The molecular weight excluding hydrogens is 468 g/mol. The molecule has 0 aromatic carbocycles. The van der Waals surface area contributed by atoms with Gasteiger partial charge in [0.15, 0.2) is 0 Å². The van der Waals surface area contributed by atoms with E-state index in [0.717, 1.165) is 38.8 Å². The van der Waals surface area contributed by atoms with E-state index in [0.29, 0.717) is 0 Å². The first kappa shape index (κ1) is 36.9. The van der Waals surface area contributed by atoms with Gasteiger partial charge >= 0.3 is 0 Å². The summed E-state index contributed by atoms with van der Waals surface area (Å²) in [7, 11) is 0. The summed E-state index contributed by atoms with van der Waals surface area (Å²) in [6.07, 6.45) is 30.1. The van der Waals surface area contributed by atoms with Crippen molar-refractivity contribution in [1.82, 2.24) is 10.6 Å². The quantitative estimate of drug-likeness (QED) is 0.0934. The van der Waals surface area contributed by atoms with Crippen LogP contribution in [0.2, 0.25) is 0 Å². The molecular formula is C34H68N2O2. The summed E-state index contributed by atoms with van der Waals surface area (Å²) in [5.74, 6) is 0.766. The Morgan fingerprint density at radius 2 is 0.684 bits per heavy atom. The van der Waals surface area contributed by atoms with Crippen LogP contribution >= 0.6 is 0 Å². The van der Waals surface area contributed by atoms with Crippen LogP contribution in [0.1, 0.15) is 182 Å². The molecule has 4 nitrogen and oxygen atoms in total. The van der Waals surface area contributed by atoms with Crippen molar-refractivity contribution < 1.29 is 9.59 Å². The minimum absolute atomic E-state index is 0.147. The lowest BCUT2D eigenvalue weighted by molar-refractivity contribution is -0.125. The van der Waals surface area contributed by atoms with Crippen molar-refractivity contribution in [3.05, 3.63) is 0 Å². The standard InChI is InChI=1S/C34H68N2O2/c1-5-7-9-11-13-15-19-23-27-31(3)33(37)35-29-25-21-17-18-22-26-30-36-34(38)32(4)28-24-20-16-14-12-10-8-6-2/h31-32H,5-30H2,1-4H3,(H,35,37)(H,36,38)/t31-,32-/m0/s1. The van der Waals surface area contributed by atoms with Gasteiger partial charge in [-0.2, -0.15) is 0 Å². The van der Waals surface area contributed by atoms with Crippen LogP contribution in [0, 0.1) is 11.8 Å². The van der Waals surface area contributed by atoms with Gasteiger partial charge in [-0.05, 0) is 25.7 Å². The minimum Gasteiger partial charge on any atom is -0.356 e. The molecule has 2 atom stereocenters. The SMILES string of the molecule is CCCCCCCCCC[C@H](C)C(=O)NCCCCCCCCNC(=O)[C@@H](C)CCCCCCCCCC. The topological polar surface area (TPSA) is 58.2 Å². The molecule has 38 heavy (non-hydrogen) atoms. The van der Waals surface area contributed by atoms with Crippen molar-refractivity contribution in [3.8, 4) is 0 Å². The van der Waals surface area contributed by atoms with Gasteiger partial charge in [-0.25, -0.2) is 0 Å². The zero-order valence-corrected chi connectivity index (χ0v) is 26.4. The molecule has 0 aromatic rings. The molecule has 0 radical (unpaired) electrons. The molecule has 0 spiro atoms. The molecule has 0 heterocycles. The zero-order chi connectivity index (χ0) is 28.1. The molecule has 0 aliphatic carbocycles. The highest BCUT2D eigenvalue weighted by Gasteiger charge is 2.12. The molecule has 0 bridgehead atoms. The van der Waals surface area contributed by atoms with E-state index in [9.17, 15) is 9.59 Å². The van der Waals surface area contributed by atoms with E-state index in [1.54, 1.807) is 0 Å². The first-order chi connectivity index (χ1) is 18.5. The van der Waals surface area contributed by atoms with Gasteiger partial charge in [0.05, 0.1) is 0 Å². The summed E-state index contributed by atoms with van der Waals surface area (Å²) in [6.45, 7) is 10.3. The molecule has 0 unspecified atom stereocenters. The van der Waals surface area contributed by atoms with Gasteiger partial charge in [0.1, 0.15) is 0 Å². The Labute approximate surface area is 238 Å². The van der Waals surface area contributed by atoms with Gasteiger partial charge in [-0.1, -0.05) is 156 Å². The Kier molecular flexibility index (Phi) is 28.1. The maximum Gasteiger partial charge on any atom is 0.222 e. The van der Waals surface area contributed by atoms with Gasteiger partial charge in [0, 0.05) is 24.9 Å². The maximum atomic E-state index is 12.3. The van der Waals surface area contributed by atoms with Gasteiger partial charge in [0.25, 0.3) is 0 Å². The number of nitrogens with one attached hydrogen (secondary N) is 2. The Hall–Kier alpha value is -1.06. The maximum absolute atomic E-state index is 12.3. The second-order valence-electron chi connectivity index (χ2n) is 12.0. The Balaban J connectivity index is 3.45. The molecule has 226 valence electrons. The molecule has 2 amide bonds. The summed E-state index contributed by atoms with van der Waals surface area (Å²) in [5, 5.41) is 6.27. The monoisotopic (exact) mass is 537 g/mol. The summed E-state index contributed by atoms with van der Waals surface area (Å²) >= 11 is 0. The molecule has 0 saturated carbocycles. The average Bonchev–Trinajstić information content (AvgIpc) is 2.92. The first-order valence-corrected chi connectivity index (χ1v) is 17.1. The number of carbonyl (C=O) groups is 2. The van der Waals surface area contributed by atoms with Crippen LogP contribution in [0.25, 0.3) is 0 Å². The summed E-state index contributed by atoms with van der Waals surface area (Å²) in [4.78, 5) is 24.6. The van der Waals surface area contributed by atoms with Crippen molar-refractivity contribution in [2.24, 2.45) is 11.8 Å². The number of rotatable bonds is 29. The van der Waals surface area contributed by atoms with Crippen molar-refractivity contribution in [3.63, 3.8) is 0 Å². The fourth-order valence-corrected chi connectivity index (χ4v) is 5.16. The van der Waals surface area contributed by atoms with Crippen molar-refractivity contribution in [2.75, 3.05) is 13.1 Å². The summed E-state index contributed by atoms with van der Waals surface area (Å²) in [6, 6.07) is 0. The fourth-order valence-electron chi connectivity index (χ4n) is 5.16. The number of hydrogen-bond donors (Lipinski definition) is 2. The van der Waals surface area contributed by atoms with E-state index in [1.807, 2.05) is 0 Å². The van der Waals surface area contributed by atoms with E-state index < -0.39 is 0 Å².